The highest BCUT2D eigenvalue weighted by Crippen LogP contribution is 2.16. The number of likely N-dealkylation sites (tertiary alicyclic amines) is 1. The summed E-state index contributed by atoms with van der Waals surface area (Å²) < 4.78 is 0. The van der Waals surface area contributed by atoms with Gasteiger partial charge in [0.05, 0.1) is 0 Å². The Morgan fingerprint density at radius 2 is 2.20 bits per heavy atom. The molecule has 0 aromatic carbocycles. The van der Waals surface area contributed by atoms with Crippen LogP contribution in [0.1, 0.15) is 46.0 Å². The van der Waals surface area contributed by atoms with Crippen LogP contribution in [0.3, 0.4) is 0 Å². The Kier molecular flexibility index (Phi) is 5.09. The van der Waals surface area contributed by atoms with Crippen LogP contribution in [0.25, 0.3) is 0 Å². The first kappa shape index (κ1) is 12.5. The van der Waals surface area contributed by atoms with Gasteiger partial charge in [-0.25, -0.2) is 0 Å². The summed E-state index contributed by atoms with van der Waals surface area (Å²) in [4.78, 5) is 13.7. The Morgan fingerprint density at radius 1 is 1.47 bits per heavy atom. The monoisotopic (exact) mass is 212 g/mol. The van der Waals surface area contributed by atoms with Crippen molar-refractivity contribution >= 4 is 5.91 Å². The lowest BCUT2D eigenvalue weighted by molar-refractivity contribution is -0.133. The number of nitrogens with zero attached hydrogens (tertiary/aromatic N) is 1. The van der Waals surface area contributed by atoms with E-state index in [1.165, 1.54) is 6.42 Å². The molecule has 1 fully saturated rings. The van der Waals surface area contributed by atoms with Crippen molar-refractivity contribution in [3.05, 3.63) is 0 Å². The van der Waals surface area contributed by atoms with Gasteiger partial charge in [-0.15, -0.1) is 0 Å². The average Bonchev–Trinajstić information content (AvgIpc) is 2.22. The first-order chi connectivity index (χ1) is 7.15. The Hall–Kier alpha value is -0.570. The molecule has 0 aromatic heterocycles. The molecule has 0 aliphatic carbocycles. The second-order valence-electron chi connectivity index (χ2n) is 4.73. The molecule has 1 heterocycles. The lowest BCUT2D eigenvalue weighted by atomic mass is 9.94. The minimum absolute atomic E-state index is 0.175. The minimum atomic E-state index is 0.175. The normalized spacial score (nSPS) is 26.7. The van der Waals surface area contributed by atoms with Gasteiger partial charge in [0.25, 0.3) is 0 Å². The second kappa shape index (κ2) is 6.11. The molecule has 2 N–H and O–H groups in total. The quantitative estimate of drug-likeness (QED) is 0.722. The molecule has 3 heteroatoms. The zero-order chi connectivity index (χ0) is 11.3. The SMILES string of the molecule is CCCCCC(=O)N1CCC(C)C(N)C1. The molecule has 88 valence electrons. The van der Waals surface area contributed by atoms with Crippen LogP contribution in [-0.2, 0) is 4.79 Å². The van der Waals surface area contributed by atoms with E-state index in [-0.39, 0.29) is 6.04 Å². The molecule has 0 bridgehead atoms. The van der Waals surface area contributed by atoms with Gasteiger partial charge < -0.3 is 10.6 Å². The largest absolute Gasteiger partial charge is 0.341 e. The van der Waals surface area contributed by atoms with Gasteiger partial charge in [0, 0.05) is 25.6 Å². The lowest BCUT2D eigenvalue weighted by Gasteiger charge is -2.35. The number of amides is 1. The molecule has 0 spiro atoms. The van der Waals surface area contributed by atoms with Gasteiger partial charge >= 0.3 is 0 Å². The molecular formula is C12H24N2O. The molecule has 2 unspecified atom stereocenters. The van der Waals surface area contributed by atoms with Crippen LogP contribution >= 0.6 is 0 Å². The maximum Gasteiger partial charge on any atom is 0.222 e. The van der Waals surface area contributed by atoms with Crippen molar-refractivity contribution in [1.29, 1.82) is 0 Å². The zero-order valence-corrected chi connectivity index (χ0v) is 10.0. The van der Waals surface area contributed by atoms with Crippen molar-refractivity contribution in [2.24, 2.45) is 11.7 Å². The Bertz CT molecular complexity index is 206. The highest BCUT2D eigenvalue weighted by molar-refractivity contribution is 5.76. The summed E-state index contributed by atoms with van der Waals surface area (Å²) in [5.74, 6) is 0.857. The van der Waals surface area contributed by atoms with Crippen molar-refractivity contribution < 1.29 is 4.79 Å². The smallest absolute Gasteiger partial charge is 0.222 e. The van der Waals surface area contributed by atoms with Crippen LogP contribution in [0.5, 0.6) is 0 Å². The molecule has 15 heavy (non-hydrogen) atoms. The predicted octanol–water partition coefficient (Wildman–Crippen LogP) is 1.76. The van der Waals surface area contributed by atoms with Crippen molar-refractivity contribution in [3.8, 4) is 0 Å². The van der Waals surface area contributed by atoms with E-state index in [1.54, 1.807) is 0 Å². The maximum atomic E-state index is 11.8. The van der Waals surface area contributed by atoms with E-state index >= 15 is 0 Å². The number of carbonyl (C=O) groups is 1. The maximum absolute atomic E-state index is 11.8. The molecule has 1 aliphatic heterocycles. The summed E-state index contributed by atoms with van der Waals surface area (Å²) in [6.07, 6.45) is 5.11. The van der Waals surface area contributed by atoms with Crippen LogP contribution < -0.4 is 5.73 Å². The fraction of sp³-hybridized carbons (Fsp3) is 0.917. The van der Waals surface area contributed by atoms with Crippen molar-refractivity contribution in [3.63, 3.8) is 0 Å². The van der Waals surface area contributed by atoms with Gasteiger partial charge in [0.2, 0.25) is 5.91 Å². The van der Waals surface area contributed by atoms with E-state index in [9.17, 15) is 4.79 Å². The Labute approximate surface area is 93.0 Å². The van der Waals surface area contributed by atoms with Gasteiger partial charge in [-0.3, -0.25) is 4.79 Å². The number of rotatable bonds is 4. The molecule has 1 amide bonds. The van der Waals surface area contributed by atoms with E-state index in [0.29, 0.717) is 18.2 Å². The number of piperidine rings is 1. The Morgan fingerprint density at radius 3 is 2.80 bits per heavy atom. The summed E-state index contributed by atoms with van der Waals surface area (Å²) in [6, 6.07) is 0.175. The van der Waals surface area contributed by atoms with Crippen molar-refractivity contribution in [2.75, 3.05) is 13.1 Å². The van der Waals surface area contributed by atoms with Gasteiger partial charge in [-0.1, -0.05) is 26.7 Å². The third kappa shape index (κ3) is 3.82. The van der Waals surface area contributed by atoms with Crippen LogP contribution in [0, 0.1) is 5.92 Å². The zero-order valence-electron chi connectivity index (χ0n) is 10.0. The van der Waals surface area contributed by atoms with Crippen LogP contribution in [0.15, 0.2) is 0 Å². The summed E-state index contributed by atoms with van der Waals surface area (Å²) >= 11 is 0. The second-order valence-corrected chi connectivity index (χ2v) is 4.73. The van der Waals surface area contributed by atoms with E-state index < -0.39 is 0 Å². The number of hydrogen-bond acceptors (Lipinski definition) is 2. The summed E-state index contributed by atoms with van der Waals surface area (Å²) in [6.45, 7) is 5.98. The number of hydrogen-bond donors (Lipinski definition) is 1. The number of nitrogens with two attached hydrogens (primary N) is 1. The standard InChI is InChI=1S/C12H24N2O/c1-3-4-5-6-12(15)14-8-7-10(2)11(13)9-14/h10-11H,3-9,13H2,1-2H3. The summed E-state index contributed by atoms with van der Waals surface area (Å²) in [7, 11) is 0. The van der Waals surface area contributed by atoms with E-state index in [1.807, 2.05) is 4.90 Å². The van der Waals surface area contributed by atoms with E-state index in [2.05, 4.69) is 13.8 Å². The van der Waals surface area contributed by atoms with Gasteiger partial charge in [-0.2, -0.15) is 0 Å². The third-order valence-electron chi connectivity index (χ3n) is 3.36. The average molecular weight is 212 g/mol. The Balaban J connectivity index is 2.28. The molecular weight excluding hydrogens is 188 g/mol. The number of carbonyl (C=O) groups excluding carboxylic acids is 1. The van der Waals surface area contributed by atoms with Crippen LogP contribution in [-0.4, -0.2) is 29.9 Å². The van der Waals surface area contributed by atoms with Gasteiger partial charge in [0.1, 0.15) is 0 Å². The molecule has 1 rings (SSSR count). The lowest BCUT2D eigenvalue weighted by Crippen LogP contribution is -2.49. The summed E-state index contributed by atoms with van der Waals surface area (Å²) in [5.41, 5.74) is 5.97. The first-order valence-corrected chi connectivity index (χ1v) is 6.18. The molecule has 3 nitrogen and oxygen atoms in total. The summed E-state index contributed by atoms with van der Waals surface area (Å²) in [5, 5.41) is 0. The third-order valence-corrected chi connectivity index (χ3v) is 3.36. The minimum Gasteiger partial charge on any atom is -0.341 e. The van der Waals surface area contributed by atoms with Gasteiger partial charge in [-0.05, 0) is 18.8 Å². The molecule has 1 saturated heterocycles. The molecule has 0 aromatic rings. The van der Waals surface area contributed by atoms with Crippen molar-refractivity contribution in [2.45, 2.75) is 52.0 Å². The molecule has 1 aliphatic rings. The predicted molar refractivity (Wildman–Crippen MR) is 62.5 cm³/mol. The van der Waals surface area contributed by atoms with E-state index in [4.69, 9.17) is 5.73 Å². The highest BCUT2D eigenvalue weighted by Gasteiger charge is 2.25. The van der Waals surface area contributed by atoms with Crippen molar-refractivity contribution in [1.82, 2.24) is 4.90 Å². The topological polar surface area (TPSA) is 46.3 Å². The van der Waals surface area contributed by atoms with E-state index in [0.717, 1.165) is 32.4 Å². The van der Waals surface area contributed by atoms with Gasteiger partial charge in [0.15, 0.2) is 0 Å². The molecule has 0 saturated carbocycles. The van der Waals surface area contributed by atoms with Crippen LogP contribution in [0.4, 0.5) is 0 Å². The molecule has 0 radical (unpaired) electrons. The fourth-order valence-corrected chi connectivity index (χ4v) is 2.01. The van der Waals surface area contributed by atoms with Crippen LogP contribution in [0.2, 0.25) is 0 Å². The molecule has 2 atom stereocenters. The first-order valence-electron chi connectivity index (χ1n) is 6.18. The highest BCUT2D eigenvalue weighted by atomic mass is 16.2. The fourth-order valence-electron chi connectivity index (χ4n) is 2.01. The number of unbranched alkanes of at least 4 members (excludes halogenated alkanes) is 2.